The predicted molar refractivity (Wildman–Crippen MR) is 92.5 cm³/mol. The van der Waals surface area contributed by atoms with Crippen molar-refractivity contribution in [2.45, 2.75) is 25.8 Å². The topological polar surface area (TPSA) is 59.7 Å². The average Bonchev–Trinajstić information content (AvgIpc) is 2.99. The molecule has 0 saturated carbocycles. The number of fused-ring (bicyclic) bond motifs is 1. The van der Waals surface area contributed by atoms with Crippen molar-refractivity contribution in [3.8, 4) is 0 Å². The van der Waals surface area contributed by atoms with Gasteiger partial charge in [0.25, 0.3) is 0 Å². The Morgan fingerprint density at radius 3 is 2.61 bits per heavy atom. The number of halogens is 1. The lowest BCUT2D eigenvalue weighted by molar-refractivity contribution is 0.367. The molecule has 0 bridgehead atoms. The molecule has 3 heterocycles. The molecule has 1 fully saturated rings. The highest BCUT2D eigenvalue weighted by molar-refractivity contribution is 9.10. The first-order chi connectivity index (χ1) is 11.2. The van der Waals surface area contributed by atoms with Gasteiger partial charge in [0.2, 0.25) is 5.95 Å². The molecule has 3 aromatic rings. The fourth-order valence-electron chi connectivity index (χ4n) is 3.04. The second kappa shape index (κ2) is 5.88. The van der Waals surface area contributed by atoms with Gasteiger partial charge in [-0.25, -0.2) is 14.6 Å². The monoisotopic (exact) mass is 372 g/mol. The summed E-state index contributed by atoms with van der Waals surface area (Å²) in [5.41, 5.74) is 3.12. The Kier molecular flexibility index (Phi) is 3.72. The van der Waals surface area contributed by atoms with Crippen molar-refractivity contribution in [1.82, 2.24) is 25.0 Å². The Morgan fingerprint density at radius 1 is 1.13 bits per heavy atom. The normalized spacial score (nSPS) is 16.2. The van der Waals surface area contributed by atoms with Crippen LogP contribution >= 0.6 is 15.9 Å². The molecule has 0 radical (unpaired) electrons. The maximum atomic E-state index is 4.42. The summed E-state index contributed by atoms with van der Waals surface area (Å²) < 4.78 is 3.10. The van der Waals surface area contributed by atoms with Gasteiger partial charge >= 0.3 is 0 Å². The fraction of sp³-hybridized carbons (Fsp3) is 0.375. The summed E-state index contributed by atoms with van der Waals surface area (Å²) in [4.78, 5) is 11.1. The maximum Gasteiger partial charge on any atom is 0.225 e. The quantitative estimate of drug-likeness (QED) is 0.691. The molecule has 4 rings (SSSR count). The summed E-state index contributed by atoms with van der Waals surface area (Å²) in [6, 6.07) is 6.50. The van der Waals surface area contributed by atoms with Crippen molar-refractivity contribution in [3.63, 3.8) is 0 Å². The number of benzene rings is 1. The van der Waals surface area contributed by atoms with E-state index in [2.05, 4.69) is 51.9 Å². The van der Waals surface area contributed by atoms with Crippen LogP contribution in [0.1, 0.15) is 24.4 Å². The van der Waals surface area contributed by atoms with Crippen molar-refractivity contribution < 1.29 is 0 Å². The Morgan fingerprint density at radius 2 is 1.87 bits per heavy atom. The van der Waals surface area contributed by atoms with E-state index in [1.54, 1.807) is 0 Å². The summed E-state index contributed by atoms with van der Waals surface area (Å²) in [6.45, 7) is 3.88. The Bertz CT molecular complexity index is 820. The molecule has 1 saturated heterocycles. The van der Waals surface area contributed by atoms with E-state index >= 15 is 0 Å². The molecule has 0 spiro atoms. The summed E-state index contributed by atoms with van der Waals surface area (Å²) in [7, 11) is 0. The van der Waals surface area contributed by atoms with Gasteiger partial charge in [-0.2, -0.15) is 0 Å². The zero-order chi connectivity index (χ0) is 15.8. The predicted octanol–water partition coefficient (Wildman–Crippen LogP) is 3.13. The first-order valence-electron chi connectivity index (χ1n) is 7.75. The van der Waals surface area contributed by atoms with Crippen molar-refractivity contribution in [2.24, 2.45) is 0 Å². The van der Waals surface area contributed by atoms with E-state index < -0.39 is 0 Å². The molecule has 2 aromatic heterocycles. The number of aryl methyl sites for hydroxylation is 1. The molecule has 6 nitrogen and oxygen atoms in total. The molecule has 0 aliphatic carbocycles. The highest BCUT2D eigenvalue weighted by Crippen LogP contribution is 2.27. The van der Waals surface area contributed by atoms with Crippen LogP contribution in [0.2, 0.25) is 0 Å². The molecule has 0 unspecified atom stereocenters. The number of hydrogen-bond donors (Lipinski definition) is 0. The lowest BCUT2D eigenvalue weighted by atomic mass is 10.1. The van der Waals surface area contributed by atoms with Crippen LogP contribution in [0.25, 0.3) is 11.0 Å². The Hall–Kier alpha value is -2.02. The van der Waals surface area contributed by atoms with Gasteiger partial charge in [-0.1, -0.05) is 21.1 Å². The Labute approximate surface area is 142 Å². The van der Waals surface area contributed by atoms with Gasteiger partial charge in [0.1, 0.15) is 5.52 Å². The minimum atomic E-state index is 0.378. The molecule has 1 aromatic carbocycles. The van der Waals surface area contributed by atoms with Gasteiger partial charge in [-0.3, -0.25) is 0 Å². The van der Waals surface area contributed by atoms with Gasteiger partial charge in [0.05, 0.1) is 11.6 Å². The lowest BCUT2D eigenvalue weighted by Gasteiger charge is -2.32. The van der Waals surface area contributed by atoms with E-state index in [4.69, 9.17) is 0 Å². The summed E-state index contributed by atoms with van der Waals surface area (Å²) >= 11 is 3.48. The first-order valence-corrected chi connectivity index (χ1v) is 8.54. The number of anilines is 1. The minimum absolute atomic E-state index is 0.378. The number of hydrogen-bond acceptors (Lipinski definition) is 5. The molecule has 7 heteroatoms. The lowest BCUT2D eigenvalue weighted by Crippen LogP contribution is -2.36. The molecule has 23 heavy (non-hydrogen) atoms. The van der Waals surface area contributed by atoms with Gasteiger partial charge < -0.3 is 4.90 Å². The summed E-state index contributed by atoms with van der Waals surface area (Å²) in [5, 5.41) is 8.65. The van der Waals surface area contributed by atoms with Gasteiger partial charge in [0, 0.05) is 30.0 Å². The maximum absolute atomic E-state index is 4.42. The van der Waals surface area contributed by atoms with Crippen LogP contribution < -0.4 is 4.90 Å². The number of piperidine rings is 1. The summed E-state index contributed by atoms with van der Waals surface area (Å²) in [5.74, 6) is 0.821. The first kappa shape index (κ1) is 14.6. The highest BCUT2D eigenvalue weighted by atomic mass is 79.9. The standard InChI is InChI=1S/C16H17BrN6/c1-11-9-18-16(19-10-11)22-6-4-13(5-7-22)23-15-3-2-12(17)8-14(15)20-21-23/h2-3,8-10,13H,4-7H2,1H3. The number of nitrogens with zero attached hydrogens (tertiary/aromatic N) is 6. The fourth-order valence-corrected chi connectivity index (χ4v) is 3.39. The number of aromatic nitrogens is 5. The van der Waals surface area contributed by atoms with Crippen LogP contribution in [-0.4, -0.2) is 38.1 Å². The van der Waals surface area contributed by atoms with E-state index in [0.29, 0.717) is 6.04 Å². The van der Waals surface area contributed by atoms with E-state index in [-0.39, 0.29) is 0 Å². The van der Waals surface area contributed by atoms with E-state index in [1.807, 2.05) is 31.5 Å². The second-order valence-electron chi connectivity index (χ2n) is 5.95. The molecule has 1 aliphatic rings. The third-order valence-electron chi connectivity index (χ3n) is 4.29. The summed E-state index contributed by atoms with van der Waals surface area (Å²) in [6.07, 6.45) is 5.78. The van der Waals surface area contributed by atoms with Gasteiger partial charge in [-0.15, -0.1) is 5.10 Å². The van der Waals surface area contributed by atoms with Crippen molar-refractivity contribution in [1.29, 1.82) is 0 Å². The molecule has 0 N–H and O–H groups in total. The van der Waals surface area contributed by atoms with Gasteiger partial charge in [-0.05, 0) is 43.5 Å². The van der Waals surface area contributed by atoms with Crippen LogP contribution in [0.15, 0.2) is 35.1 Å². The highest BCUT2D eigenvalue weighted by Gasteiger charge is 2.24. The largest absolute Gasteiger partial charge is 0.341 e. The molecule has 118 valence electrons. The molecule has 0 amide bonds. The third-order valence-corrected chi connectivity index (χ3v) is 4.79. The number of rotatable bonds is 2. The van der Waals surface area contributed by atoms with Crippen molar-refractivity contribution in [2.75, 3.05) is 18.0 Å². The zero-order valence-electron chi connectivity index (χ0n) is 12.9. The van der Waals surface area contributed by atoms with Crippen LogP contribution in [0.4, 0.5) is 5.95 Å². The Balaban J connectivity index is 1.51. The molecule has 0 atom stereocenters. The zero-order valence-corrected chi connectivity index (χ0v) is 14.4. The van der Waals surface area contributed by atoms with E-state index in [9.17, 15) is 0 Å². The van der Waals surface area contributed by atoms with Gasteiger partial charge in [0.15, 0.2) is 0 Å². The van der Waals surface area contributed by atoms with E-state index in [1.165, 1.54) is 0 Å². The van der Waals surface area contributed by atoms with Crippen LogP contribution in [0.3, 0.4) is 0 Å². The third kappa shape index (κ3) is 2.81. The van der Waals surface area contributed by atoms with Crippen molar-refractivity contribution >= 4 is 32.9 Å². The van der Waals surface area contributed by atoms with E-state index in [0.717, 1.165) is 52.9 Å². The van der Waals surface area contributed by atoms with Crippen LogP contribution in [-0.2, 0) is 0 Å². The van der Waals surface area contributed by atoms with Crippen molar-refractivity contribution in [3.05, 3.63) is 40.6 Å². The average molecular weight is 373 g/mol. The molecular weight excluding hydrogens is 356 g/mol. The SMILES string of the molecule is Cc1cnc(N2CCC(n3nnc4cc(Br)ccc43)CC2)nc1. The van der Waals surface area contributed by atoms with Crippen LogP contribution in [0.5, 0.6) is 0 Å². The molecule has 1 aliphatic heterocycles. The molecular formula is C16H17BrN6. The second-order valence-corrected chi connectivity index (χ2v) is 6.86. The van der Waals surface area contributed by atoms with Crippen LogP contribution in [0, 0.1) is 6.92 Å². The smallest absolute Gasteiger partial charge is 0.225 e. The minimum Gasteiger partial charge on any atom is -0.341 e.